The van der Waals surface area contributed by atoms with Crippen molar-refractivity contribution in [3.63, 3.8) is 0 Å². The molecule has 4 rings (SSSR count). The maximum Gasteiger partial charge on any atom is 0.240 e. The van der Waals surface area contributed by atoms with E-state index < -0.39 is 11.6 Å². The third-order valence-corrected chi connectivity index (χ3v) is 5.39. The SMILES string of the molecule is C.CC(C)(N)C(=O)N[C@H](COCc1ccccc1)c1nnc2c(-c3ccccc3)cc(Cl)cn12. The Bertz CT molecular complexity index is 1240. The standard InChI is InChI=1S/C25H26ClN5O2.CH4/c1-25(2,27)24(32)28-21(16-33-15-17-9-5-3-6-10-17)23-30-29-22-20(13-19(26)14-31(22)23)18-11-7-4-8-12-18;/h3-14,21H,15-16,27H2,1-2H3,(H,28,32);1H4/t21-;/m1./s1. The summed E-state index contributed by atoms with van der Waals surface area (Å²) < 4.78 is 7.74. The molecular formula is C26H30ClN5O2. The number of fused-ring (bicyclic) bond motifs is 1. The van der Waals surface area contributed by atoms with Gasteiger partial charge in [0.1, 0.15) is 6.04 Å². The van der Waals surface area contributed by atoms with E-state index in [1.807, 2.05) is 66.7 Å². The average Bonchev–Trinajstić information content (AvgIpc) is 3.22. The Kier molecular flexibility index (Phi) is 8.04. The molecule has 2 aromatic carbocycles. The molecule has 0 saturated carbocycles. The topological polar surface area (TPSA) is 94.5 Å². The summed E-state index contributed by atoms with van der Waals surface area (Å²) in [5, 5.41) is 12.3. The zero-order valence-corrected chi connectivity index (χ0v) is 19.3. The van der Waals surface area contributed by atoms with Crippen LogP contribution in [-0.4, -0.2) is 32.7 Å². The number of nitrogens with zero attached hydrogens (tertiary/aromatic N) is 3. The van der Waals surface area contributed by atoms with E-state index in [4.69, 9.17) is 22.1 Å². The van der Waals surface area contributed by atoms with E-state index >= 15 is 0 Å². The third kappa shape index (κ3) is 5.80. The summed E-state index contributed by atoms with van der Waals surface area (Å²) in [5.74, 6) is 0.188. The molecule has 2 heterocycles. The molecule has 0 unspecified atom stereocenters. The highest BCUT2D eigenvalue weighted by Crippen LogP contribution is 2.28. The number of carbonyl (C=O) groups excluding carboxylic acids is 1. The summed E-state index contributed by atoms with van der Waals surface area (Å²) in [6.45, 7) is 3.88. The van der Waals surface area contributed by atoms with Crippen LogP contribution in [0.4, 0.5) is 0 Å². The Morgan fingerprint density at radius 1 is 1.12 bits per heavy atom. The number of nitrogens with two attached hydrogens (primary N) is 1. The van der Waals surface area contributed by atoms with Crippen LogP contribution in [0.5, 0.6) is 0 Å². The molecule has 0 aliphatic rings. The lowest BCUT2D eigenvalue weighted by atomic mass is 10.1. The first-order valence-electron chi connectivity index (χ1n) is 10.6. The maximum absolute atomic E-state index is 12.7. The highest BCUT2D eigenvalue weighted by atomic mass is 35.5. The minimum Gasteiger partial charge on any atom is -0.374 e. The molecule has 0 aliphatic heterocycles. The number of ether oxygens (including phenoxy) is 1. The molecule has 3 N–H and O–H groups in total. The molecule has 4 aromatic rings. The van der Waals surface area contributed by atoms with Crippen molar-refractivity contribution in [2.45, 2.75) is 39.5 Å². The number of benzene rings is 2. The average molecular weight is 480 g/mol. The molecule has 1 atom stereocenters. The number of amides is 1. The Labute approximate surface area is 204 Å². The molecule has 178 valence electrons. The Morgan fingerprint density at radius 2 is 1.76 bits per heavy atom. The minimum absolute atomic E-state index is 0. The molecule has 8 heteroatoms. The fourth-order valence-corrected chi connectivity index (χ4v) is 3.65. The molecule has 0 aliphatic carbocycles. The predicted octanol–water partition coefficient (Wildman–Crippen LogP) is 4.80. The number of hydrogen-bond donors (Lipinski definition) is 2. The van der Waals surface area contributed by atoms with Gasteiger partial charge in [0, 0.05) is 11.8 Å². The Balaban J connectivity index is 0.00000324. The van der Waals surface area contributed by atoms with E-state index in [0.29, 0.717) is 23.1 Å². The van der Waals surface area contributed by atoms with E-state index in [9.17, 15) is 4.79 Å². The first-order valence-corrected chi connectivity index (χ1v) is 11.0. The molecule has 0 fully saturated rings. The molecule has 0 saturated heterocycles. The van der Waals surface area contributed by atoms with Gasteiger partial charge in [0.25, 0.3) is 0 Å². The number of carbonyl (C=O) groups is 1. The van der Waals surface area contributed by atoms with Gasteiger partial charge in [0.2, 0.25) is 5.91 Å². The zero-order chi connectivity index (χ0) is 23.4. The molecule has 0 radical (unpaired) electrons. The van der Waals surface area contributed by atoms with E-state index in [0.717, 1.165) is 16.7 Å². The van der Waals surface area contributed by atoms with E-state index in [-0.39, 0.29) is 19.9 Å². The van der Waals surface area contributed by atoms with Gasteiger partial charge in [-0.3, -0.25) is 9.20 Å². The number of nitrogens with one attached hydrogen (secondary N) is 1. The maximum atomic E-state index is 12.7. The quantitative estimate of drug-likeness (QED) is 0.378. The van der Waals surface area contributed by atoms with Gasteiger partial charge in [0.15, 0.2) is 11.5 Å². The van der Waals surface area contributed by atoms with Crippen LogP contribution in [0.2, 0.25) is 5.02 Å². The van der Waals surface area contributed by atoms with E-state index in [1.165, 1.54) is 0 Å². The van der Waals surface area contributed by atoms with Crippen molar-refractivity contribution in [3.8, 4) is 11.1 Å². The summed E-state index contributed by atoms with van der Waals surface area (Å²) in [5.41, 5.74) is 8.43. The number of hydrogen-bond acceptors (Lipinski definition) is 5. The summed E-state index contributed by atoms with van der Waals surface area (Å²) in [6.07, 6.45) is 1.74. The van der Waals surface area contributed by atoms with Crippen LogP contribution >= 0.6 is 11.6 Å². The van der Waals surface area contributed by atoms with Crippen molar-refractivity contribution >= 4 is 23.2 Å². The first-order chi connectivity index (χ1) is 15.8. The van der Waals surface area contributed by atoms with E-state index in [2.05, 4.69) is 15.5 Å². The van der Waals surface area contributed by atoms with E-state index in [1.54, 1.807) is 24.4 Å². The fourth-order valence-electron chi connectivity index (χ4n) is 3.44. The summed E-state index contributed by atoms with van der Waals surface area (Å²) in [7, 11) is 0. The zero-order valence-electron chi connectivity index (χ0n) is 18.5. The molecule has 0 bridgehead atoms. The van der Waals surface area contributed by atoms with Crippen molar-refractivity contribution in [1.29, 1.82) is 0 Å². The van der Waals surface area contributed by atoms with Gasteiger partial charge in [-0.25, -0.2) is 0 Å². The second kappa shape index (κ2) is 10.8. The van der Waals surface area contributed by atoms with Crippen molar-refractivity contribution in [1.82, 2.24) is 19.9 Å². The molecule has 0 spiro atoms. The fraction of sp³-hybridized carbons (Fsp3) is 0.269. The second-order valence-electron chi connectivity index (χ2n) is 8.44. The Hall–Kier alpha value is -3.26. The normalized spacial score (nSPS) is 12.2. The summed E-state index contributed by atoms with van der Waals surface area (Å²) >= 11 is 6.46. The molecule has 1 amide bonds. The highest BCUT2D eigenvalue weighted by molar-refractivity contribution is 6.30. The van der Waals surface area contributed by atoms with Gasteiger partial charge in [-0.1, -0.05) is 79.7 Å². The number of pyridine rings is 1. The Morgan fingerprint density at radius 3 is 2.41 bits per heavy atom. The smallest absolute Gasteiger partial charge is 0.240 e. The largest absolute Gasteiger partial charge is 0.374 e. The van der Waals surface area contributed by atoms with Gasteiger partial charge < -0.3 is 15.8 Å². The summed E-state index contributed by atoms with van der Waals surface area (Å²) in [6, 6.07) is 20.9. The number of rotatable bonds is 8. The van der Waals surface area contributed by atoms with Crippen LogP contribution in [-0.2, 0) is 16.1 Å². The lowest BCUT2D eigenvalue weighted by molar-refractivity contribution is -0.126. The first kappa shape index (κ1) is 25.4. The molecule has 34 heavy (non-hydrogen) atoms. The monoisotopic (exact) mass is 479 g/mol. The molecule has 7 nitrogen and oxygen atoms in total. The van der Waals surface area contributed by atoms with Crippen LogP contribution in [0.1, 0.15) is 38.7 Å². The van der Waals surface area contributed by atoms with Gasteiger partial charge in [-0.05, 0) is 31.0 Å². The minimum atomic E-state index is -1.06. The van der Waals surface area contributed by atoms with Crippen molar-refractivity contribution in [2.24, 2.45) is 5.73 Å². The predicted molar refractivity (Wildman–Crippen MR) is 135 cm³/mol. The third-order valence-electron chi connectivity index (χ3n) is 5.18. The molecular weight excluding hydrogens is 450 g/mol. The van der Waals surface area contributed by atoms with Gasteiger partial charge in [0.05, 0.1) is 23.8 Å². The van der Waals surface area contributed by atoms with Gasteiger partial charge >= 0.3 is 0 Å². The number of halogens is 1. The van der Waals surface area contributed by atoms with Gasteiger partial charge in [-0.2, -0.15) is 0 Å². The van der Waals surface area contributed by atoms with Crippen molar-refractivity contribution in [3.05, 3.63) is 89.3 Å². The lowest BCUT2D eigenvalue weighted by Gasteiger charge is -2.23. The van der Waals surface area contributed by atoms with Crippen LogP contribution < -0.4 is 11.1 Å². The van der Waals surface area contributed by atoms with Crippen LogP contribution in [0.3, 0.4) is 0 Å². The number of aromatic nitrogens is 3. The second-order valence-corrected chi connectivity index (χ2v) is 8.87. The van der Waals surface area contributed by atoms with Crippen molar-refractivity contribution in [2.75, 3.05) is 6.61 Å². The van der Waals surface area contributed by atoms with Crippen molar-refractivity contribution < 1.29 is 9.53 Å². The highest BCUT2D eigenvalue weighted by Gasteiger charge is 2.28. The molecule has 2 aromatic heterocycles. The lowest BCUT2D eigenvalue weighted by Crippen LogP contribution is -2.50. The summed E-state index contributed by atoms with van der Waals surface area (Å²) in [4.78, 5) is 12.7. The van der Waals surface area contributed by atoms with Crippen LogP contribution in [0, 0.1) is 0 Å². The van der Waals surface area contributed by atoms with Crippen LogP contribution in [0.25, 0.3) is 16.8 Å². The van der Waals surface area contributed by atoms with Crippen LogP contribution in [0.15, 0.2) is 72.9 Å². The van der Waals surface area contributed by atoms with Gasteiger partial charge in [-0.15, -0.1) is 10.2 Å².